The third kappa shape index (κ3) is 1.63. The van der Waals surface area contributed by atoms with Crippen molar-refractivity contribution in [2.75, 3.05) is 0 Å². The van der Waals surface area contributed by atoms with Crippen LogP contribution in [0.25, 0.3) is 0 Å². The SMILES string of the molecule is O=C(Cc1ccccc1)N1O[C@@H]2C=C[C@H]1C2. The molecule has 2 aliphatic rings. The number of fused-ring (bicyclic) bond motifs is 2. The number of carbonyl (C=O) groups is 1. The van der Waals surface area contributed by atoms with Crippen LogP contribution in [-0.4, -0.2) is 23.1 Å². The van der Waals surface area contributed by atoms with E-state index in [1.54, 1.807) is 0 Å². The predicted octanol–water partition coefficient (Wildman–Crippen LogP) is 1.70. The Morgan fingerprint density at radius 1 is 1.31 bits per heavy atom. The molecule has 1 amide bonds. The van der Waals surface area contributed by atoms with Crippen LogP contribution < -0.4 is 0 Å². The molecule has 0 aromatic heterocycles. The molecule has 2 bridgehead atoms. The van der Waals surface area contributed by atoms with Gasteiger partial charge in [0, 0.05) is 6.42 Å². The smallest absolute Gasteiger partial charge is 0.251 e. The Kier molecular flexibility index (Phi) is 2.26. The molecule has 1 aliphatic heterocycles. The Hall–Kier alpha value is -1.61. The van der Waals surface area contributed by atoms with Crippen molar-refractivity contribution < 1.29 is 9.63 Å². The van der Waals surface area contributed by atoms with Crippen molar-refractivity contribution >= 4 is 5.91 Å². The van der Waals surface area contributed by atoms with Gasteiger partial charge in [-0.05, 0) is 5.56 Å². The van der Waals surface area contributed by atoms with Crippen LogP contribution in [-0.2, 0) is 16.1 Å². The number of hydrogen-bond donors (Lipinski definition) is 0. The third-order valence-corrected chi connectivity index (χ3v) is 3.02. The lowest BCUT2D eigenvalue weighted by Crippen LogP contribution is -2.35. The minimum Gasteiger partial charge on any atom is -0.272 e. The van der Waals surface area contributed by atoms with E-state index >= 15 is 0 Å². The maximum absolute atomic E-state index is 12.0. The molecule has 0 unspecified atom stereocenters. The van der Waals surface area contributed by atoms with Gasteiger partial charge in [-0.2, -0.15) is 0 Å². The van der Waals surface area contributed by atoms with Gasteiger partial charge in [-0.15, -0.1) is 0 Å². The minimum atomic E-state index is 0.0445. The Morgan fingerprint density at radius 2 is 2.12 bits per heavy atom. The van der Waals surface area contributed by atoms with Crippen LogP contribution in [0.2, 0.25) is 0 Å². The van der Waals surface area contributed by atoms with E-state index in [9.17, 15) is 4.79 Å². The van der Waals surface area contributed by atoms with Crippen LogP contribution in [0.1, 0.15) is 12.0 Å². The summed E-state index contributed by atoms with van der Waals surface area (Å²) in [7, 11) is 0. The highest BCUT2D eigenvalue weighted by Gasteiger charge is 2.37. The predicted molar refractivity (Wildman–Crippen MR) is 59.4 cm³/mol. The molecule has 0 radical (unpaired) electrons. The average Bonchev–Trinajstić information content (AvgIpc) is 2.92. The molecule has 1 aromatic carbocycles. The fraction of sp³-hybridized carbons (Fsp3) is 0.308. The van der Waals surface area contributed by atoms with Crippen molar-refractivity contribution in [2.24, 2.45) is 0 Å². The molecular formula is C13H13NO2. The molecule has 16 heavy (non-hydrogen) atoms. The number of nitrogens with zero attached hydrogens (tertiary/aromatic N) is 1. The fourth-order valence-electron chi connectivity index (χ4n) is 2.22. The van der Waals surface area contributed by atoms with Crippen LogP contribution >= 0.6 is 0 Å². The highest BCUT2D eigenvalue weighted by atomic mass is 16.7. The number of amides is 1. The van der Waals surface area contributed by atoms with Gasteiger partial charge < -0.3 is 0 Å². The molecule has 1 aliphatic carbocycles. The largest absolute Gasteiger partial charge is 0.272 e. The van der Waals surface area contributed by atoms with Gasteiger partial charge in [-0.25, -0.2) is 5.06 Å². The number of benzene rings is 1. The molecule has 0 spiro atoms. The molecule has 1 saturated heterocycles. The van der Waals surface area contributed by atoms with Crippen molar-refractivity contribution in [3.8, 4) is 0 Å². The summed E-state index contributed by atoms with van der Waals surface area (Å²) < 4.78 is 0. The normalized spacial score (nSPS) is 26.4. The highest BCUT2D eigenvalue weighted by Crippen LogP contribution is 2.29. The zero-order valence-corrected chi connectivity index (χ0v) is 8.87. The van der Waals surface area contributed by atoms with E-state index < -0.39 is 0 Å². The lowest BCUT2D eigenvalue weighted by atomic mass is 10.1. The minimum absolute atomic E-state index is 0.0445. The van der Waals surface area contributed by atoms with Gasteiger partial charge in [0.2, 0.25) is 0 Å². The number of hydrogen-bond acceptors (Lipinski definition) is 2. The van der Waals surface area contributed by atoms with E-state index in [-0.39, 0.29) is 18.1 Å². The van der Waals surface area contributed by atoms with Crippen LogP contribution in [0.15, 0.2) is 42.5 Å². The van der Waals surface area contributed by atoms with Gasteiger partial charge in [-0.3, -0.25) is 9.63 Å². The van der Waals surface area contributed by atoms with Gasteiger partial charge in [0.25, 0.3) is 5.91 Å². The molecule has 1 heterocycles. The van der Waals surface area contributed by atoms with Gasteiger partial charge in [0.05, 0.1) is 12.5 Å². The Labute approximate surface area is 94.3 Å². The van der Waals surface area contributed by atoms with Crippen LogP contribution in [0, 0.1) is 0 Å². The average molecular weight is 215 g/mol. The van der Waals surface area contributed by atoms with E-state index in [2.05, 4.69) is 6.08 Å². The Bertz CT molecular complexity index is 427. The summed E-state index contributed by atoms with van der Waals surface area (Å²) in [6.45, 7) is 0. The summed E-state index contributed by atoms with van der Waals surface area (Å²) in [5.74, 6) is 0.0445. The molecular weight excluding hydrogens is 202 g/mol. The maximum atomic E-state index is 12.0. The molecule has 82 valence electrons. The summed E-state index contributed by atoms with van der Waals surface area (Å²) in [6.07, 6.45) is 5.52. The van der Waals surface area contributed by atoms with E-state index in [1.807, 2.05) is 36.4 Å². The van der Waals surface area contributed by atoms with E-state index in [4.69, 9.17) is 4.84 Å². The first kappa shape index (κ1) is 9.60. The first-order valence-corrected chi connectivity index (χ1v) is 5.54. The van der Waals surface area contributed by atoms with E-state index in [1.165, 1.54) is 5.06 Å². The fourth-order valence-corrected chi connectivity index (χ4v) is 2.22. The third-order valence-electron chi connectivity index (χ3n) is 3.02. The first-order chi connectivity index (χ1) is 7.83. The zero-order chi connectivity index (χ0) is 11.0. The monoisotopic (exact) mass is 215 g/mol. The van der Waals surface area contributed by atoms with Gasteiger partial charge in [0.1, 0.15) is 6.10 Å². The summed E-state index contributed by atoms with van der Waals surface area (Å²) >= 11 is 0. The van der Waals surface area contributed by atoms with Crippen molar-refractivity contribution in [1.82, 2.24) is 5.06 Å². The molecule has 3 nitrogen and oxygen atoms in total. The van der Waals surface area contributed by atoms with Crippen LogP contribution in [0.4, 0.5) is 0 Å². The summed E-state index contributed by atoms with van der Waals surface area (Å²) in [5.41, 5.74) is 1.03. The van der Waals surface area contributed by atoms with Crippen molar-refractivity contribution in [3.63, 3.8) is 0 Å². The van der Waals surface area contributed by atoms with Crippen molar-refractivity contribution in [2.45, 2.75) is 25.0 Å². The number of hydroxylamine groups is 2. The van der Waals surface area contributed by atoms with Gasteiger partial charge in [0.15, 0.2) is 0 Å². The Balaban J connectivity index is 1.69. The maximum Gasteiger partial charge on any atom is 0.251 e. The molecule has 3 heteroatoms. The molecule has 2 atom stereocenters. The molecule has 0 N–H and O–H groups in total. The topological polar surface area (TPSA) is 29.5 Å². The van der Waals surface area contributed by atoms with Gasteiger partial charge >= 0.3 is 0 Å². The van der Waals surface area contributed by atoms with Crippen molar-refractivity contribution in [1.29, 1.82) is 0 Å². The second-order valence-corrected chi connectivity index (χ2v) is 4.21. The summed E-state index contributed by atoms with van der Waals surface area (Å²) in [5, 5.41) is 1.53. The van der Waals surface area contributed by atoms with E-state index in [0.717, 1.165) is 12.0 Å². The summed E-state index contributed by atoms with van der Waals surface area (Å²) in [6, 6.07) is 9.91. The Morgan fingerprint density at radius 3 is 2.75 bits per heavy atom. The highest BCUT2D eigenvalue weighted by molar-refractivity contribution is 5.78. The van der Waals surface area contributed by atoms with Gasteiger partial charge in [-0.1, -0.05) is 42.5 Å². The number of carbonyl (C=O) groups excluding carboxylic acids is 1. The lowest BCUT2D eigenvalue weighted by Gasteiger charge is -2.22. The van der Waals surface area contributed by atoms with Crippen LogP contribution in [0.3, 0.4) is 0 Å². The summed E-state index contributed by atoms with van der Waals surface area (Å²) in [4.78, 5) is 17.5. The standard InChI is InChI=1S/C13H13NO2/c15-13(8-10-4-2-1-3-5-10)14-11-6-7-12(9-11)16-14/h1-7,11-12H,8-9H2/t11-,12+/m0/s1. The zero-order valence-electron chi connectivity index (χ0n) is 8.87. The molecule has 1 fully saturated rings. The molecule has 3 rings (SSSR count). The first-order valence-electron chi connectivity index (χ1n) is 5.54. The second kappa shape index (κ2) is 3.76. The molecule has 0 saturated carbocycles. The quantitative estimate of drug-likeness (QED) is 0.703. The molecule has 1 aromatic rings. The van der Waals surface area contributed by atoms with E-state index in [0.29, 0.717) is 6.42 Å². The second-order valence-electron chi connectivity index (χ2n) is 4.21. The lowest BCUT2D eigenvalue weighted by molar-refractivity contribution is -0.182. The van der Waals surface area contributed by atoms with Crippen LogP contribution in [0.5, 0.6) is 0 Å². The van der Waals surface area contributed by atoms with Crippen molar-refractivity contribution in [3.05, 3.63) is 48.0 Å². The number of rotatable bonds is 2.